The molecule has 0 fully saturated rings. The summed E-state index contributed by atoms with van der Waals surface area (Å²) in [7, 11) is 1.61. The molecule has 2 aromatic heterocycles. The number of methoxy groups -OCH3 is 1. The van der Waals surface area contributed by atoms with E-state index in [1.54, 1.807) is 24.3 Å². The fourth-order valence-corrected chi connectivity index (χ4v) is 4.76. The maximum Gasteiger partial charge on any atom is 0.271 e. The number of ether oxygens (including phenoxy) is 1. The molecule has 7 heteroatoms. The Hall–Kier alpha value is -3.22. The van der Waals surface area contributed by atoms with Gasteiger partial charge in [-0.05, 0) is 26.3 Å². The van der Waals surface area contributed by atoms with E-state index in [1.165, 1.54) is 19.3 Å². The molecule has 0 bridgehead atoms. The van der Waals surface area contributed by atoms with Crippen LogP contribution in [0.15, 0.2) is 47.1 Å². The Morgan fingerprint density at radius 1 is 1.13 bits per heavy atom. The molecule has 2 unspecified atom stereocenters. The first-order chi connectivity index (χ1) is 18.3. The van der Waals surface area contributed by atoms with Crippen LogP contribution in [0.3, 0.4) is 0 Å². The van der Waals surface area contributed by atoms with Crippen molar-refractivity contribution in [1.82, 2.24) is 14.8 Å². The van der Waals surface area contributed by atoms with Gasteiger partial charge in [-0.2, -0.15) is 0 Å². The Labute approximate surface area is 228 Å². The lowest BCUT2D eigenvalue weighted by Crippen LogP contribution is -2.64. The third-order valence-electron chi connectivity index (χ3n) is 6.87. The van der Waals surface area contributed by atoms with Crippen molar-refractivity contribution in [3.8, 4) is 5.75 Å². The van der Waals surface area contributed by atoms with Gasteiger partial charge in [0.2, 0.25) is 5.91 Å². The number of furan rings is 1. The van der Waals surface area contributed by atoms with Crippen molar-refractivity contribution >= 4 is 22.9 Å². The van der Waals surface area contributed by atoms with Crippen molar-refractivity contribution in [3.05, 3.63) is 53.9 Å². The third-order valence-corrected chi connectivity index (χ3v) is 6.87. The minimum atomic E-state index is -1.07. The summed E-state index contributed by atoms with van der Waals surface area (Å²) in [6.45, 7) is 15.0. The highest BCUT2D eigenvalue weighted by molar-refractivity contribution is 6.02. The molecule has 2 amide bonds. The summed E-state index contributed by atoms with van der Waals surface area (Å²) in [5, 5.41) is 3.12. The van der Waals surface area contributed by atoms with Crippen LogP contribution in [-0.4, -0.2) is 40.0 Å². The number of nitrogens with zero attached hydrogens (tertiary/aromatic N) is 2. The normalized spacial score (nSPS) is 17.1. The van der Waals surface area contributed by atoms with Crippen LogP contribution in [0.2, 0.25) is 0 Å². The number of unbranched alkanes of at least 4 members (excludes halogenated alkanes) is 2. The van der Waals surface area contributed by atoms with E-state index in [0.29, 0.717) is 23.6 Å². The summed E-state index contributed by atoms with van der Waals surface area (Å²) < 4.78 is 12.9. The van der Waals surface area contributed by atoms with E-state index in [2.05, 4.69) is 26.1 Å². The summed E-state index contributed by atoms with van der Waals surface area (Å²) >= 11 is 0. The monoisotopic (exact) mass is 525 g/mol. The Bertz CT molecular complexity index is 1160. The second-order valence-corrected chi connectivity index (χ2v) is 9.78. The van der Waals surface area contributed by atoms with E-state index < -0.39 is 5.54 Å². The van der Waals surface area contributed by atoms with Crippen LogP contribution in [-0.2, 0) is 17.9 Å². The molecule has 0 aliphatic carbocycles. The second-order valence-electron chi connectivity index (χ2n) is 9.78. The van der Waals surface area contributed by atoms with E-state index in [4.69, 9.17) is 9.15 Å². The summed E-state index contributed by atoms with van der Waals surface area (Å²) in [4.78, 5) is 28.9. The zero-order valence-corrected chi connectivity index (χ0v) is 24.6. The zero-order chi connectivity index (χ0) is 28.3. The van der Waals surface area contributed by atoms with E-state index in [0.717, 1.165) is 23.9 Å². The van der Waals surface area contributed by atoms with Crippen LogP contribution in [0.5, 0.6) is 5.75 Å². The highest BCUT2D eigenvalue weighted by atomic mass is 16.5. The van der Waals surface area contributed by atoms with Gasteiger partial charge in [0.1, 0.15) is 17.0 Å². The molecule has 1 aliphatic heterocycles. The smallest absolute Gasteiger partial charge is 0.271 e. The Morgan fingerprint density at radius 3 is 2.42 bits per heavy atom. The van der Waals surface area contributed by atoms with Gasteiger partial charge in [-0.25, -0.2) is 0 Å². The quantitative estimate of drug-likeness (QED) is 0.321. The first kappa shape index (κ1) is 31.0. The Balaban J connectivity index is 0.000000651. The van der Waals surface area contributed by atoms with Gasteiger partial charge in [0.05, 0.1) is 32.0 Å². The molecule has 4 rings (SSSR count). The first-order valence-corrected chi connectivity index (χ1v) is 14.1. The molecular weight excluding hydrogens is 478 g/mol. The summed E-state index contributed by atoms with van der Waals surface area (Å²) in [6, 6.07) is 11.2. The number of benzene rings is 1. The van der Waals surface area contributed by atoms with Gasteiger partial charge >= 0.3 is 0 Å². The van der Waals surface area contributed by atoms with Gasteiger partial charge in [-0.3, -0.25) is 9.59 Å². The topological polar surface area (TPSA) is 76.7 Å². The predicted octanol–water partition coefficient (Wildman–Crippen LogP) is 7.19. The maximum atomic E-state index is 13.7. The largest absolute Gasteiger partial charge is 0.496 e. The van der Waals surface area contributed by atoms with Gasteiger partial charge in [0.25, 0.3) is 5.91 Å². The second kappa shape index (κ2) is 14.6. The highest BCUT2D eigenvalue weighted by Gasteiger charge is 2.48. The average Bonchev–Trinajstić information content (AvgIpc) is 3.51. The molecule has 0 saturated heterocycles. The minimum absolute atomic E-state index is 0.0255. The molecule has 1 aliphatic rings. The zero-order valence-electron chi connectivity index (χ0n) is 24.6. The molecule has 3 aromatic rings. The molecule has 210 valence electrons. The van der Waals surface area contributed by atoms with Crippen LogP contribution < -0.4 is 10.1 Å². The van der Waals surface area contributed by atoms with Crippen molar-refractivity contribution in [2.75, 3.05) is 7.11 Å². The number of hydrogen-bond donors (Lipinski definition) is 1. The molecular formula is C31H47N3O4. The summed E-state index contributed by atoms with van der Waals surface area (Å²) in [5.74, 6) is 0.323. The molecule has 7 nitrogen and oxygen atoms in total. The number of amides is 2. The molecule has 0 saturated carbocycles. The number of rotatable bonds is 9. The standard InChI is InChI=1S/C24H29N3O4.C5H12.C2H6/c1-5-8-16(2)25-23(29)24(3)15-26-18-11-12-31-21(18)13-19(26)22(28)27(24)14-17-9-6-7-10-20(17)30-4;1-3-5-4-2;1-2/h6-7,9-13,16H,5,8,14-15H2,1-4H3,(H,25,29);3-5H2,1-2H3;1-2H3. The molecule has 0 spiro atoms. The van der Waals surface area contributed by atoms with Crippen molar-refractivity contribution in [3.63, 3.8) is 0 Å². The number of hydrogen-bond acceptors (Lipinski definition) is 4. The van der Waals surface area contributed by atoms with Crippen LogP contribution in [0.1, 0.15) is 96.6 Å². The lowest BCUT2D eigenvalue weighted by atomic mass is 9.93. The van der Waals surface area contributed by atoms with Crippen LogP contribution in [0.4, 0.5) is 0 Å². The maximum absolute atomic E-state index is 13.7. The molecule has 3 heterocycles. The lowest BCUT2D eigenvalue weighted by Gasteiger charge is -2.44. The van der Waals surface area contributed by atoms with Crippen molar-refractivity contribution in [2.24, 2.45) is 0 Å². The van der Waals surface area contributed by atoms with Gasteiger partial charge in [-0.15, -0.1) is 0 Å². The first-order valence-electron chi connectivity index (χ1n) is 14.1. The van der Waals surface area contributed by atoms with Gasteiger partial charge in [0, 0.05) is 23.7 Å². The van der Waals surface area contributed by atoms with E-state index in [9.17, 15) is 9.59 Å². The van der Waals surface area contributed by atoms with Crippen LogP contribution >= 0.6 is 0 Å². The van der Waals surface area contributed by atoms with E-state index in [-0.39, 0.29) is 24.4 Å². The van der Waals surface area contributed by atoms with Crippen molar-refractivity contribution in [1.29, 1.82) is 0 Å². The fourth-order valence-electron chi connectivity index (χ4n) is 4.76. The Morgan fingerprint density at radius 2 is 1.82 bits per heavy atom. The van der Waals surface area contributed by atoms with Crippen molar-refractivity contribution in [2.45, 2.75) is 105 Å². The molecule has 0 radical (unpaired) electrons. The molecule has 1 N–H and O–H groups in total. The number of aromatic nitrogens is 1. The molecule has 38 heavy (non-hydrogen) atoms. The van der Waals surface area contributed by atoms with Gasteiger partial charge < -0.3 is 23.9 Å². The van der Waals surface area contributed by atoms with Crippen LogP contribution in [0, 0.1) is 0 Å². The van der Waals surface area contributed by atoms with Gasteiger partial charge in [0.15, 0.2) is 5.58 Å². The number of carbonyl (C=O) groups excluding carboxylic acids is 2. The predicted molar refractivity (Wildman–Crippen MR) is 155 cm³/mol. The van der Waals surface area contributed by atoms with Crippen LogP contribution in [0.25, 0.3) is 11.1 Å². The van der Waals surface area contributed by atoms with E-state index in [1.807, 2.05) is 62.6 Å². The van der Waals surface area contributed by atoms with E-state index >= 15 is 0 Å². The SMILES string of the molecule is CC.CCCC(C)NC(=O)C1(C)Cn2c(cc3occc32)C(=O)N1Cc1ccccc1OC.CCCCC. The Kier molecular flexibility index (Phi) is 11.9. The summed E-state index contributed by atoms with van der Waals surface area (Å²) in [5.41, 5.74) is 1.76. The third kappa shape index (κ3) is 6.80. The number of nitrogens with one attached hydrogen (secondary N) is 1. The number of fused-ring (bicyclic) bond motifs is 3. The molecule has 2 atom stereocenters. The highest BCUT2D eigenvalue weighted by Crippen LogP contribution is 2.35. The van der Waals surface area contributed by atoms with Gasteiger partial charge in [-0.1, -0.05) is 78.5 Å². The lowest BCUT2D eigenvalue weighted by molar-refractivity contribution is -0.133. The minimum Gasteiger partial charge on any atom is -0.496 e. The van der Waals surface area contributed by atoms with Crippen molar-refractivity contribution < 1.29 is 18.7 Å². The average molecular weight is 526 g/mol. The fraction of sp³-hybridized carbons (Fsp3) is 0.548. The number of para-hydroxylation sites is 1. The number of carbonyl (C=O) groups is 2. The summed E-state index contributed by atoms with van der Waals surface area (Å²) in [6.07, 6.45) is 7.53. The molecule has 1 aromatic carbocycles.